The second-order valence-corrected chi connectivity index (χ2v) is 8.92. The molecule has 0 aliphatic heterocycles. The van der Waals surface area contributed by atoms with Crippen LogP contribution in [0.2, 0.25) is 0 Å². The minimum absolute atomic E-state index is 0.00828. The van der Waals surface area contributed by atoms with Crippen molar-refractivity contribution in [3.8, 4) is 11.5 Å². The highest BCUT2D eigenvalue weighted by molar-refractivity contribution is 5.85. The molecular weight excluding hydrogens is 444 g/mol. The van der Waals surface area contributed by atoms with Crippen molar-refractivity contribution in [3.63, 3.8) is 0 Å². The molecule has 1 aromatic carbocycles. The zero-order valence-corrected chi connectivity index (χ0v) is 22.0. The van der Waals surface area contributed by atoms with E-state index in [1.165, 1.54) is 0 Å². The molecule has 0 saturated carbocycles. The predicted octanol–water partition coefficient (Wildman–Crippen LogP) is 5.47. The molecule has 0 saturated heterocycles. The summed E-state index contributed by atoms with van der Waals surface area (Å²) in [6.45, 7) is 7.14. The number of ether oxygens (including phenoxy) is 2. The Balaban J connectivity index is 2.12. The van der Waals surface area contributed by atoms with Crippen LogP contribution in [-0.4, -0.2) is 55.0 Å². The molecule has 35 heavy (non-hydrogen) atoms. The first kappa shape index (κ1) is 28.3. The molecule has 0 bridgehead atoms. The van der Waals surface area contributed by atoms with Gasteiger partial charge in [0.1, 0.15) is 12.3 Å². The normalized spacial score (nSPS) is 11.7. The Kier molecular flexibility index (Phi) is 12.2. The van der Waals surface area contributed by atoms with Crippen LogP contribution >= 0.6 is 0 Å². The number of furan rings is 1. The van der Waals surface area contributed by atoms with Gasteiger partial charge < -0.3 is 23.7 Å². The van der Waals surface area contributed by atoms with Crippen molar-refractivity contribution >= 4 is 11.8 Å². The average Bonchev–Trinajstić information content (AvgIpc) is 3.39. The molecule has 0 spiro atoms. The van der Waals surface area contributed by atoms with E-state index in [-0.39, 0.29) is 24.4 Å². The van der Waals surface area contributed by atoms with Crippen LogP contribution in [0.25, 0.3) is 0 Å². The lowest BCUT2D eigenvalue weighted by molar-refractivity contribution is -0.142. The molecule has 7 nitrogen and oxygen atoms in total. The van der Waals surface area contributed by atoms with Gasteiger partial charge in [0, 0.05) is 19.0 Å². The molecular formula is C28H42N2O5. The SMILES string of the molecule is CCCCCCC(=O)N(CC(=O)N(CCc1ccc(OC)c(OC)c1)Cc1ccco1)C(C)CC. The number of carbonyl (C=O) groups is 2. The summed E-state index contributed by atoms with van der Waals surface area (Å²) >= 11 is 0. The highest BCUT2D eigenvalue weighted by Crippen LogP contribution is 2.28. The van der Waals surface area contributed by atoms with Crippen LogP contribution in [0, 0.1) is 0 Å². The summed E-state index contributed by atoms with van der Waals surface area (Å²) in [5.41, 5.74) is 1.03. The highest BCUT2D eigenvalue weighted by atomic mass is 16.5. The number of amides is 2. The molecule has 0 N–H and O–H groups in total. The Morgan fingerprint density at radius 1 is 1.00 bits per heavy atom. The predicted molar refractivity (Wildman–Crippen MR) is 138 cm³/mol. The lowest BCUT2D eigenvalue weighted by atomic mass is 10.1. The van der Waals surface area contributed by atoms with Crippen molar-refractivity contribution in [2.75, 3.05) is 27.3 Å². The number of methoxy groups -OCH3 is 2. The number of carbonyl (C=O) groups excluding carboxylic acids is 2. The van der Waals surface area contributed by atoms with Crippen molar-refractivity contribution in [1.29, 1.82) is 0 Å². The monoisotopic (exact) mass is 486 g/mol. The van der Waals surface area contributed by atoms with Gasteiger partial charge in [0.2, 0.25) is 11.8 Å². The van der Waals surface area contributed by atoms with Crippen LogP contribution in [0.3, 0.4) is 0 Å². The molecule has 1 aromatic heterocycles. The number of hydrogen-bond acceptors (Lipinski definition) is 5. The second kappa shape index (κ2) is 15.1. The molecule has 0 aliphatic carbocycles. The topological polar surface area (TPSA) is 72.2 Å². The Morgan fingerprint density at radius 2 is 1.77 bits per heavy atom. The molecule has 2 rings (SSSR count). The number of unbranched alkanes of at least 4 members (excludes halogenated alkanes) is 3. The van der Waals surface area contributed by atoms with E-state index in [0.29, 0.717) is 43.2 Å². The van der Waals surface area contributed by atoms with Gasteiger partial charge in [-0.2, -0.15) is 0 Å². The largest absolute Gasteiger partial charge is 0.493 e. The van der Waals surface area contributed by atoms with Gasteiger partial charge in [0.15, 0.2) is 11.5 Å². The summed E-state index contributed by atoms with van der Waals surface area (Å²) in [5, 5.41) is 0. The zero-order valence-electron chi connectivity index (χ0n) is 22.0. The van der Waals surface area contributed by atoms with Gasteiger partial charge in [-0.3, -0.25) is 9.59 Å². The van der Waals surface area contributed by atoms with E-state index in [2.05, 4.69) is 6.92 Å². The highest BCUT2D eigenvalue weighted by Gasteiger charge is 2.25. The van der Waals surface area contributed by atoms with Crippen LogP contribution in [0.4, 0.5) is 0 Å². The lowest BCUT2D eigenvalue weighted by Crippen LogP contribution is -2.46. The minimum Gasteiger partial charge on any atom is -0.493 e. The third kappa shape index (κ3) is 8.96. The Morgan fingerprint density at radius 3 is 2.40 bits per heavy atom. The Labute approximate surface area is 210 Å². The van der Waals surface area contributed by atoms with E-state index in [1.807, 2.05) is 44.2 Å². The van der Waals surface area contributed by atoms with Gasteiger partial charge in [-0.05, 0) is 56.0 Å². The fourth-order valence-electron chi connectivity index (χ4n) is 3.99. The molecule has 0 fully saturated rings. The zero-order chi connectivity index (χ0) is 25.6. The van der Waals surface area contributed by atoms with Crippen LogP contribution in [0.5, 0.6) is 11.5 Å². The molecule has 7 heteroatoms. The van der Waals surface area contributed by atoms with E-state index in [0.717, 1.165) is 37.7 Å². The van der Waals surface area contributed by atoms with Crippen LogP contribution < -0.4 is 9.47 Å². The lowest BCUT2D eigenvalue weighted by Gasteiger charge is -2.31. The average molecular weight is 487 g/mol. The first-order chi connectivity index (χ1) is 16.9. The van der Waals surface area contributed by atoms with Gasteiger partial charge in [-0.1, -0.05) is 39.2 Å². The van der Waals surface area contributed by atoms with E-state index < -0.39 is 0 Å². The molecule has 2 amide bonds. The third-order valence-electron chi connectivity index (χ3n) is 6.39. The molecule has 1 atom stereocenters. The maximum absolute atomic E-state index is 13.5. The number of nitrogens with zero attached hydrogens (tertiary/aromatic N) is 2. The standard InChI is InChI=1S/C28H42N2O5/c1-6-8-9-10-13-27(31)30(22(3)7-2)21-28(32)29(20-24-12-11-18-35-24)17-16-23-14-15-25(33-4)26(19-23)34-5/h11-12,14-15,18-19,22H,6-10,13,16-17,20-21H2,1-5H3. The van der Waals surface area contributed by atoms with Crippen molar-refractivity contribution < 1.29 is 23.5 Å². The Bertz CT molecular complexity index is 897. The quantitative estimate of drug-likeness (QED) is 0.294. The molecule has 1 unspecified atom stereocenters. The van der Waals surface area contributed by atoms with Crippen molar-refractivity contribution in [3.05, 3.63) is 47.9 Å². The van der Waals surface area contributed by atoms with Gasteiger partial charge in [0.25, 0.3) is 0 Å². The molecule has 1 heterocycles. The van der Waals surface area contributed by atoms with E-state index in [4.69, 9.17) is 13.9 Å². The summed E-state index contributed by atoms with van der Waals surface area (Å²) in [6.07, 6.45) is 7.70. The number of rotatable bonds is 16. The summed E-state index contributed by atoms with van der Waals surface area (Å²) in [6, 6.07) is 9.46. The van der Waals surface area contributed by atoms with Gasteiger partial charge in [-0.25, -0.2) is 0 Å². The molecule has 194 valence electrons. The summed E-state index contributed by atoms with van der Waals surface area (Å²) < 4.78 is 16.3. The summed E-state index contributed by atoms with van der Waals surface area (Å²) in [7, 11) is 3.21. The minimum atomic E-state index is -0.0796. The van der Waals surface area contributed by atoms with Crippen LogP contribution in [-0.2, 0) is 22.6 Å². The molecule has 0 radical (unpaired) electrons. The molecule has 2 aromatic rings. The Hall–Kier alpha value is -2.96. The van der Waals surface area contributed by atoms with E-state index in [1.54, 1.807) is 30.3 Å². The first-order valence-electron chi connectivity index (χ1n) is 12.7. The van der Waals surface area contributed by atoms with Gasteiger partial charge in [0.05, 0.1) is 27.0 Å². The maximum atomic E-state index is 13.5. The number of hydrogen-bond donors (Lipinski definition) is 0. The molecule has 0 aliphatic rings. The van der Waals surface area contributed by atoms with E-state index >= 15 is 0 Å². The third-order valence-corrected chi connectivity index (χ3v) is 6.39. The second-order valence-electron chi connectivity index (χ2n) is 8.92. The summed E-state index contributed by atoms with van der Waals surface area (Å²) in [4.78, 5) is 30.0. The van der Waals surface area contributed by atoms with Gasteiger partial charge in [-0.15, -0.1) is 0 Å². The van der Waals surface area contributed by atoms with Crippen molar-refractivity contribution in [2.45, 2.75) is 78.3 Å². The van der Waals surface area contributed by atoms with Crippen LogP contribution in [0.15, 0.2) is 41.0 Å². The fraction of sp³-hybridized carbons (Fsp3) is 0.571. The fourth-order valence-corrected chi connectivity index (χ4v) is 3.99. The smallest absolute Gasteiger partial charge is 0.242 e. The van der Waals surface area contributed by atoms with Crippen LogP contribution in [0.1, 0.15) is 70.6 Å². The van der Waals surface area contributed by atoms with E-state index in [9.17, 15) is 9.59 Å². The van der Waals surface area contributed by atoms with Crippen molar-refractivity contribution in [1.82, 2.24) is 9.80 Å². The first-order valence-corrected chi connectivity index (χ1v) is 12.7. The van der Waals surface area contributed by atoms with Crippen molar-refractivity contribution in [2.24, 2.45) is 0 Å². The summed E-state index contributed by atoms with van der Waals surface area (Å²) in [5.74, 6) is 2.02. The van der Waals surface area contributed by atoms with Gasteiger partial charge >= 0.3 is 0 Å². The maximum Gasteiger partial charge on any atom is 0.242 e. The number of benzene rings is 1.